The maximum absolute atomic E-state index is 12.9. The zero-order valence-corrected chi connectivity index (χ0v) is 10.1. The molecule has 0 aliphatic heterocycles. The highest BCUT2D eigenvalue weighted by Gasteiger charge is 2.18. The number of hydrogen-bond donors (Lipinski definition) is 1. The Morgan fingerprint density at radius 1 is 1.31 bits per heavy atom. The van der Waals surface area contributed by atoms with Crippen molar-refractivity contribution in [2.24, 2.45) is 7.05 Å². The first kappa shape index (κ1) is 11.1. The summed E-state index contributed by atoms with van der Waals surface area (Å²) in [5.74, 6) is -0.215. The highest BCUT2D eigenvalue weighted by Crippen LogP contribution is 2.27. The summed E-state index contributed by atoms with van der Waals surface area (Å²) in [5, 5.41) is 0.774. The minimum absolute atomic E-state index is 0.215. The fourth-order valence-electron chi connectivity index (χ4n) is 1.74. The molecular weight excluding hydrogens is 223 g/mol. The largest absolute Gasteiger partial charge is 0.332 e. The smallest absolute Gasteiger partial charge is 0.278 e. The van der Waals surface area contributed by atoms with Gasteiger partial charge in [0.15, 0.2) is 0 Å². The van der Waals surface area contributed by atoms with Gasteiger partial charge in [0, 0.05) is 5.56 Å². The third kappa shape index (κ3) is 1.80. The molecule has 2 N–H and O–H groups in total. The Hall–Kier alpha value is -1.42. The molecule has 0 unspecified atom stereocenters. The van der Waals surface area contributed by atoms with Crippen molar-refractivity contribution in [3.05, 3.63) is 35.0 Å². The number of nitrogens with two attached hydrogens (primary N) is 1. The second kappa shape index (κ2) is 4.22. The van der Waals surface area contributed by atoms with Crippen molar-refractivity contribution in [1.82, 2.24) is 0 Å². The summed E-state index contributed by atoms with van der Waals surface area (Å²) >= 11 is 1.59. The van der Waals surface area contributed by atoms with Crippen molar-refractivity contribution >= 4 is 16.5 Å². The van der Waals surface area contributed by atoms with Gasteiger partial charge in [-0.05, 0) is 30.7 Å². The van der Waals surface area contributed by atoms with Crippen LogP contribution in [0.4, 0.5) is 9.52 Å². The number of anilines is 1. The minimum Gasteiger partial charge on any atom is -0.278 e. The van der Waals surface area contributed by atoms with Crippen LogP contribution in [-0.4, -0.2) is 0 Å². The van der Waals surface area contributed by atoms with Crippen LogP contribution in [0.15, 0.2) is 24.3 Å². The lowest BCUT2D eigenvalue weighted by molar-refractivity contribution is -0.641. The van der Waals surface area contributed by atoms with Gasteiger partial charge in [0.25, 0.3) is 0 Å². The SMILES string of the molecule is CCc1sc(N)[n+](C)c1-c1ccc(F)cc1. The highest BCUT2D eigenvalue weighted by molar-refractivity contribution is 7.15. The number of nitrogen functional groups attached to an aromatic ring is 1. The van der Waals surface area contributed by atoms with E-state index in [0.29, 0.717) is 0 Å². The number of thiazole rings is 1. The van der Waals surface area contributed by atoms with Gasteiger partial charge in [-0.2, -0.15) is 0 Å². The van der Waals surface area contributed by atoms with Crippen LogP contribution in [0.25, 0.3) is 11.3 Å². The summed E-state index contributed by atoms with van der Waals surface area (Å²) in [7, 11) is 1.93. The highest BCUT2D eigenvalue weighted by atomic mass is 32.1. The van der Waals surface area contributed by atoms with Gasteiger partial charge in [0.1, 0.15) is 11.5 Å². The first-order chi connectivity index (χ1) is 7.63. The number of halogens is 1. The molecule has 1 aromatic heterocycles. The van der Waals surface area contributed by atoms with Crippen LogP contribution < -0.4 is 10.3 Å². The minimum atomic E-state index is -0.215. The van der Waals surface area contributed by atoms with E-state index in [4.69, 9.17) is 5.73 Å². The van der Waals surface area contributed by atoms with Crippen molar-refractivity contribution in [3.63, 3.8) is 0 Å². The predicted octanol–water partition coefficient (Wildman–Crippen LogP) is 2.52. The Balaban J connectivity index is 2.58. The van der Waals surface area contributed by atoms with Crippen LogP contribution in [0, 0.1) is 5.82 Å². The van der Waals surface area contributed by atoms with Gasteiger partial charge in [-0.3, -0.25) is 5.73 Å². The molecule has 0 atom stereocenters. The van der Waals surface area contributed by atoms with Gasteiger partial charge in [-0.25, -0.2) is 8.96 Å². The van der Waals surface area contributed by atoms with E-state index < -0.39 is 0 Å². The molecule has 2 aromatic rings. The number of aromatic nitrogens is 1. The molecule has 16 heavy (non-hydrogen) atoms. The van der Waals surface area contributed by atoms with Crippen LogP contribution in [0.1, 0.15) is 11.8 Å². The van der Waals surface area contributed by atoms with Crippen molar-refractivity contribution in [1.29, 1.82) is 0 Å². The molecule has 0 saturated carbocycles. The average Bonchev–Trinajstić information content (AvgIpc) is 2.57. The molecule has 0 bridgehead atoms. The van der Waals surface area contributed by atoms with E-state index in [0.717, 1.165) is 22.8 Å². The van der Waals surface area contributed by atoms with Crippen LogP contribution in [0.5, 0.6) is 0 Å². The lowest BCUT2D eigenvalue weighted by Gasteiger charge is -2.01. The number of hydrogen-bond acceptors (Lipinski definition) is 2. The Kier molecular flexibility index (Phi) is 2.92. The Morgan fingerprint density at radius 2 is 1.94 bits per heavy atom. The first-order valence-electron chi connectivity index (χ1n) is 5.16. The summed E-state index contributed by atoms with van der Waals surface area (Å²) in [5.41, 5.74) is 7.99. The van der Waals surface area contributed by atoms with Crippen molar-refractivity contribution in [2.75, 3.05) is 5.73 Å². The molecule has 1 aromatic carbocycles. The molecular formula is C12H14FN2S+. The molecule has 4 heteroatoms. The average molecular weight is 237 g/mol. The maximum atomic E-state index is 12.9. The standard InChI is InChI=1S/C12H13FN2S/c1-3-10-11(15(2)12(14)16-10)8-4-6-9(13)7-5-8/h4-7,14H,3H2,1-2H3/p+1. The second-order valence-corrected chi connectivity index (χ2v) is 4.75. The zero-order valence-electron chi connectivity index (χ0n) is 9.33. The van der Waals surface area contributed by atoms with E-state index in [9.17, 15) is 4.39 Å². The Labute approximate surface area is 98.2 Å². The maximum Gasteiger partial charge on any atom is 0.332 e. The summed E-state index contributed by atoms with van der Waals surface area (Å²) in [6.07, 6.45) is 0.933. The van der Waals surface area contributed by atoms with E-state index in [1.54, 1.807) is 23.5 Å². The number of nitrogens with zero attached hydrogens (tertiary/aromatic N) is 1. The fourth-order valence-corrected chi connectivity index (χ4v) is 2.72. The molecule has 1 heterocycles. The number of benzene rings is 1. The first-order valence-corrected chi connectivity index (χ1v) is 5.98. The summed E-state index contributed by atoms with van der Waals surface area (Å²) in [6, 6.07) is 6.53. The lowest BCUT2D eigenvalue weighted by Crippen LogP contribution is -2.31. The van der Waals surface area contributed by atoms with Crippen molar-refractivity contribution in [2.45, 2.75) is 13.3 Å². The van der Waals surface area contributed by atoms with Gasteiger partial charge in [-0.1, -0.05) is 18.3 Å². The van der Waals surface area contributed by atoms with Crippen LogP contribution in [0.2, 0.25) is 0 Å². The third-order valence-corrected chi connectivity index (χ3v) is 3.81. The monoisotopic (exact) mass is 237 g/mol. The Morgan fingerprint density at radius 3 is 2.50 bits per heavy atom. The molecule has 0 spiro atoms. The molecule has 2 nitrogen and oxygen atoms in total. The van der Waals surface area contributed by atoms with E-state index in [1.165, 1.54) is 17.0 Å². The van der Waals surface area contributed by atoms with E-state index in [2.05, 4.69) is 6.92 Å². The fraction of sp³-hybridized carbons (Fsp3) is 0.250. The topological polar surface area (TPSA) is 29.9 Å². The van der Waals surface area contributed by atoms with E-state index in [-0.39, 0.29) is 5.82 Å². The molecule has 0 aliphatic carbocycles. The third-order valence-electron chi connectivity index (χ3n) is 2.60. The molecule has 0 amide bonds. The van der Waals surface area contributed by atoms with Gasteiger partial charge in [-0.15, -0.1) is 0 Å². The van der Waals surface area contributed by atoms with Gasteiger partial charge < -0.3 is 0 Å². The number of rotatable bonds is 2. The lowest BCUT2D eigenvalue weighted by atomic mass is 10.1. The second-order valence-electron chi connectivity index (χ2n) is 3.63. The predicted molar refractivity (Wildman–Crippen MR) is 64.7 cm³/mol. The van der Waals surface area contributed by atoms with Gasteiger partial charge in [0.05, 0.1) is 11.9 Å². The van der Waals surface area contributed by atoms with Gasteiger partial charge >= 0.3 is 5.13 Å². The zero-order chi connectivity index (χ0) is 11.7. The molecule has 0 fully saturated rings. The normalized spacial score (nSPS) is 10.7. The summed E-state index contributed by atoms with van der Waals surface area (Å²) in [4.78, 5) is 1.23. The van der Waals surface area contributed by atoms with Crippen LogP contribution in [0.3, 0.4) is 0 Å². The molecule has 0 saturated heterocycles. The summed E-state index contributed by atoms with van der Waals surface area (Å²) < 4.78 is 14.8. The number of aryl methyl sites for hydroxylation is 1. The molecule has 0 radical (unpaired) electrons. The van der Waals surface area contributed by atoms with Crippen LogP contribution in [-0.2, 0) is 13.5 Å². The van der Waals surface area contributed by atoms with Crippen LogP contribution >= 0.6 is 11.3 Å². The quantitative estimate of drug-likeness (QED) is 0.799. The molecule has 0 aliphatic rings. The van der Waals surface area contributed by atoms with E-state index in [1.807, 2.05) is 11.6 Å². The molecule has 84 valence electrons. The Bertz CT molecular complexity index is 502. The van der Waals surface area contributed by atoms with Crippen molar-refractivity contribution < 1.29 is 8.96 Å². The molecule has 2 rings (SSSR count). The van der Waals surface area contributed by atoms with Crippen molar-refractivity contribution in [3.8, 4) is 11.3 Å². The summed E-state index contributed by atoms with van der Waals surface area (Å²) in [6.45, 7) is 2.10. The van der Waals surface area contributed by atoms with Gasteiger partial charge in [0.2, 0.25) is 0 Å². The van der Waals surface area contributed by atoms with E-state index >= 15 is 0 Å².